The number of carbonyl (C=O) groups excluding carboxylic acids is 1. The summed E-state index contributed by atoms with van der Waals surface area (Å²) in [5, 5.41) is 1.56. The van der Waals surface area contributed by atoms with Gasteiger partial charge in [0.25, 0.3) is 0 Å². The summed E-state index contributed by atoms with van der Waals surface area (Å²) in [6, 6.07) is 19.1. The number of anilines is 1. The first-order chi connectivity index (χ1) is 14.9. The van der Waals surface area contributed by atoms with Crippen molar-refractivity contribution in [3.8, 4) is 11.1 Å². The van der Waals surface area contributed by atoms with Gasteiger partial charge in [0.1, 0.15) is 6.54 Å². The number of benzene rings is 3. The zero-order chi connectivity index (χ0) is 22.1. The molecule has 0 amide bonds. The van der Waals surface area contributed by atoms with E-state index in [-0.39, 0.29) is 24.5 Å². The molecule has 0 aliphatic heterocycles. The lowest BCUT2D eigenvalue weighted by Gasteiger charge is -2.22. The summed E-state index contributed by atoms with van der Waals surface area (Å²) >= 11 is 6.53. The van der Waals surface area contributed by atoms with Crippen molar-refractivity contribution in [2.45, 2.75) is 13.5 Å². The normalized spacial score (nSPS) is 11.1. The van der Waals surface area contributed by atoms with Crippen molar-refractivity contribution in [2.24, 2.45) is 0 Å². The van der Waals surface area contributed by atoms with Gasteiger partial charge < -0.3 is 14.2 Å². The fraction of sp³-hybridized carbons (Fsp3) is 0.200. The number of carbonyl (C=O) groups is 1. The molecule has 0 unspecified atom stereocenters. The quantitative estimate of drug-likeness (QED) is 0.324. The van der Waals surface area contributed by atoms with Crippen molar-refractivity contribution >= 4 is 45.1 Å². The fourth-order valence-electron chi connectivity index (χ4n) is 3.96. The van der Waals surface area contributed by atoms with Crippen LogP contribution < -0.4 is 10.3 Å². The standard InChI is InChI=1S/C25H23ClN2O3/c1-4-31-22(29)15-28-21-14-17(16-8-6-5-7-9-16)10-11-18(21)25(30)19-12-13-20(26)24(23(19)28)27(2)3/h5-14H,4,15H2,1-3H3. The Kier molecular flexibility index (Phi) is 5.70. The molecular formula is C25H23ClN2O3. The van der Waals surface area contributed by atoms with Gasteiger partial charge >= 0.3 is 5.97 Å². The Morgan fingerprint density at radius 3 is 2.39 bits per heavy atom. The lowest BCUT2D eigenvalue weighted by Crippen LogP contribution is -2.21. The first-order valence-electron chi connectivity index (χ1n) is 10.1. The number of esters is 1. The molecule has 31 heavy (non-hydrogen) atoms. The van der Waals surface area contributed by atoms with E-state index >= 15 is 0 Å². The third kappa shape index (κ3) is 3.77. The second-order valence-electron chi connectivity index (χ2n) is 7.50. The van der Waals surface area contributed by atoms with E-state index in [0.717, 1.165) is 11.1 Å². The molecular weight excluding hydrogens is 412 g/mol. The van der Waals surface area contributed by atoms with Gasteiger partial charge in [-0.2, -0.15) is 0 Å². The SMILES string of the molecule is CCOC(=O)Cn1c2cc(-c3ccccc3)ccc2c(=O)c2ccc(Cl)c(N(C)C)c21. The minimum Gasteiger partial charge on any atom is -0.465 e. The Bertz CT molecular complexity index is 1340. The minimum absolute atomic E-state index is 0.0272. The number of rotatable bonds is 5. The van der Waals surface area contributed by atoms with Gasteiger partial charge in [0, 0.05) is 24.9 Å². The van der Waals surface area contributed by atoms with Crippen molar-refractivity contribution in [3.63, 3.8) is 0 Å². The van der Waals surface area contributed by atoms with Gasteiger partial charge in [0.15, 0.2) is 5.43 Å². The number of nitrogens with zero attached hydrogens (tertiary/aromatic N) is 2. The van der Waals surface area contributed by atoms with Crippen molar-refractivity contribution in [3.05, 3.63) is 75.9 Å². The molecule has 0 aliphatic rings. The van der Waals surface area contributed by atoms with E-state index in [1.165, 1.54) is 0 Å². The summed E-state index contributed by atoms with van der Waals surface area (Å²) in [7, 11) is 3.73. The predicted molar refractivity (Wildman–Crippen MR) is 127 cm³/mol. The highest BCUT2D eigenvalue weighted by Crippen LogP contribution is 2.35. The van der Waals surface area contributed by atoms with E-state index in [0.29, 0.717) is 32.5 Å². The monoisotopic (exact) mass is 434 g/mol. The Morgan fingerprint density at radius 1 is 1.00 bits per heavy atom. The summed E-state index contributed by atoms with van der Waals surface area (Å²) in [5.41, 5.74) is 3.86. The molecule has 6 heteroatoms. The summed E-state index contributed by atoms with van der Waals surface area (Å²) < 4.78 is 7.08. The van der Waals surface area contributed by atoms with Crippen LogP contribution in [-0.2, 0) is 16.1 Å². The van der Waals surface area contributed by atoms with Gasteiger partial charge in [-0.25, -0.2) is 0 Å². The first kappa shape index (κ1) is 20.9. The summed E-state index contributed by atoms with van der Waals surface area (Å²) in [6.45, 7) is 2.03. The lowest BCUT2D eigenvalue weighted by molar-refractivity contribution is -0.143. The number of aromatic nitrogens is 1. The molecule has 4 rings (SSSR count). The van der Waals surface area contributed by atoms with Crippen molar-refractivity contribution in [1.29, 1.82) is 0 Å². The van der Waals surface area contributed by atoms with Crippen LogP contribution in [0.1, 0.15) is 6.92 Å². The Labute approximate surface area is 185 Å². The number of pyridine rings is 1. The van der Waals surface area contributed by atoms with Crippen LogP contribution in [0.4, 0.5) is 5.69 Å². The summed E-state index contributed by atoms with van der Waals surface area (Å²) in [6.07, 6.45) is 0. The van der Waals surface area contributed by atoms with E-state index < -0.39 is 0 Å². The third-order valence-corrected chi connectivity index (χ3v) is 5.60. The van der Waals surface area contributed by atoms with Crippen molar-refractivity contribution in [1.82, 2.24) is 4.57 Å². The van der Waals surface area contributed by atoms with E-state index in [1.54, 1.807) is 19.1 Å². The Morgan fingerprint density at radius 2 is 1.71 bits per heavy atom. The maximum absolute atomic E-state index is 13.4. The summed E-state index contributed by atoms with van der Waals surface area (Å²) in [5.74, 6) is -0.372. The largest absolute Gasteiger partial charge is 0.465 e. The van der Waals surface area contributed by atoms with E-state index in [2.05, 4.69) is 0 Å². The smallest absolute Gasteiger partial charge is 0.325 e. The third-order valence-electron chi connectivity index (χ3n) is 5.30. The molecule has 1 aromatic heterocycles. The molecule has 1 heterocycles. The van der Waals surface area contributed by atoms with Crippen LogP contribution in [0.3, 0.4) is 0 Å². The second kappa shape index (κ2) is 8.44. The van der Waals surface area contributed by atoms with Gasteiger partial charge in [-0.3, -0.25) is 9.59 Å². The molecule has 5 nitrogen and oxygen atoms in total. The van der Waals surface area contributed by atoms with Gasteiger partial charge in [-0.05, 0) is 42.3 Å². The van der Waals surface area contributed by atoms with Gasteiger partial charge in [-0.15, -0.1) is 0 Å². The number of ether oxygens (including phenoxy) is 1. The van der Waals surface area contributed by atoms with Gasteiger partial charge in [0.2, 0.25) is 0 Å². The molecule has 0 saturated carbocycles. The molecule has 158 valence electrons. The lowest BCUT2D eigenvalue weighted by atomic mass is 10.0. The minimum atomic E-state index is -0.372. The van der Waals surface area contributed by atoms with Crippen LogP contribution in [0.15, 0.2) is 65.5 Å². The molecule has 0 fully saturated rings. The second-order valence-corrected chi connectivity index (χ2v) is 7.91. The Balaban J connectivity index is 2.14. The van der Waals surface area contributed by atoms with Crippen LogP contribution in [0.5, 0.6) is 0 Å². The van der Waals surface area contributed by atoms with Crippen LogP contribution >= 0.6 is 11.6 Å². The van der Waals surface area contributed by atoms with E-state index in [9.17, 15) is 9.59 Å². The average Bonchev–Trinajstić information content (AvgIpc) is 2.76. The number of halogens is 1. The fourth-order valence-corrected chi connectivity index (χ4v) is 4.28. The van der Waals surface area contributed by atoms with Crippen molar-refractivity contribution in [2.75, 3.05) is 25.6 Å². The molecule has 3 aromatic carbocycles. The predicted octanol–water partition coefficient (Wildman–Crippen LogP) is 5.10. The average molecular weight is 435 g/mol. The zero-order valence-corrected chi connectivity index (χ0v) is 18.4. The maximum atomic E-state index is 13.4. The number of fused-ring (bicyclic) bond motifs is 2. The molecule has 0 spiro atoms. The number of hydrogen-bond acceptors (Lipinski definition) is 4. The molecule has 0 N–H and O–H groups in total. The highest BCUT2D eigenvalue weighted by molar-refractivity contribution is 6.35. The van der Waals surface area contributed by atoms with Crippen LogP contribution in [0.2, 0.25) is 5.02 Å². The molecule has 0 saturated heterocycles. The zero-order valence-electron chi connectivity index (χ0n) is 17.7. The van der Waals surface area contributed by atoms with E-state index in [4.69, 9.17) is 16.3 Å². The van der Waals surface area contributed by atoms with Gasteiger partial charge in [-0.1, -0.05) is 48.0 Å². The summed E-state index contributed by atoms with van der Waals surface area (Å²) in [4.78, 5) is 27.8. The van der Waals surface area contributed by atoms with Crippen LogP contribution in [-0.4, -0.2) is 31.2 Å². The molecule has 0 bridgehead atoms. The van der Waals surface area contributed by atoms with Crippen molar-refractivity contribution < 1.29 is 9.53 Å². The van der Waals surface area contributed by atoms with Crippen LogP contribution in [0, 0.1) is 0 Å². The van der Waals surface area contributed by atoms with Gasteiger partial charge in [0.05, 0.1) is 28.4 Å². The van der Waals surface area contributed by atoms with Crippen LogP contribution in [0.25, 0.3) is 32.9 Å². The highest BCUT2D eigenvalue weighted by Gasteiger charge is 2.20. The maximum Gasteiger partial charge on any atom is 0.325 e. The molecule has 0 radical (unpaired) electrons. The topological polar surface area (TPSA) is 51.5 Å². The molecule has 0 aliphatic carbocycles. The molecule has 0 atom stereocenters. The highest BCUT2D eigenvalue weighted by atomic mass is 35.5. The number of hydrogen-bond donors (Lipinski definition) is 0. The first-order valence-corrected chi connectivity index (χ1v) is 10.5. The Hall–Kier alpha value is -3.31. The van der Waals surface area contributed by atoms with E-state index in [1.807, 2.05) is 72.1 Å². The molecule has 4 aromatic rings.